The van der Waals surface area contributed by atoms with Gasteiger partial charge in [-0.2, -0.15) is 0 Å². The first-order valence-electron chi connectivity index (χ1n) is 7.21. The van der Waals surface area contributed by atoms with Crippen LogP contribution >= 0.6 is 0 Å². The van der Waals surface area contributed by atoms with E-state index in [-0.39, 0.29) is 5.54 Å². The Morgan fingerprint density at radius 1 is 1.33 bits per heavy atom. The molecule has 0 radical (unpaired) electrons. The normalized spacial score (nSPS) is 19.1. The molecular weight excluding hydrogens is 220 g/mol. The molecule has 2 heteroatoms. The highest BCUT2D eigenvalue weighted by atomic mass is 14.9. The number of rotatable bonds is 4. The van der Waals surface area contributed by atoms with Crippen molar-refractivity contribution in [2.45, 2.75) is 57.9 Å². The maximum atomic E-state index is 4.29. The van der Waals surface area contributed by atoms with E-state index >= 15 is 0 Å². The molecule has 1 aliphatic carbocycles. The Balaban J connectivity index is 2.08. The van der Waals surface area contributed by atoms with Crippen LogP contribution in [0.2, 0.25) is 0 Å². The molecule has 1 heterocycles. The average Bonchev–Trinajstić information content (AvgIpc) is 2.83. The first-order chi connectivity index (χ1) is 8.56. The molecule has 2 nitrogen and oxygen atoms in total. The predicted molar refractivity (Wildman–Crippen MR) is 76.7 cm³/mol. The van der Waals surface area contributed by atoms with Crippen LogP contribution in [0.1, 0.15) is 57.9 Å². The van der Waals surface area contributed by atoms with E-state index in [0.29, 0.717) is 5.92 Å². The standard InChI is InChI=1S/C16H26N2/c1-16(2,3)18-12-15(13-7-4-5-8-13)14-9-6-10-17-11-14/h6,9-11,13,15,18H,4-5,7-8,12H2,1-3H3. The molecule has 2 rings (SSSR count). The number of nitrogens with one attached hydrogen (secondary N) is 1. The summed E-state index contributed by atoms with van der Waals surface area (Å²) in [5.41, 5.74) is 1.60. The van der Waals surface area contributed by atoms with Crippen LogP contribution in [0, 0.1) is 5.92 Å². The van der Waals surface area contributed by atoms with Gasteiger partial charge in [0, 0.05) is 30.4 Å². The van der Waals surface area contributed by atoms with Crippen LogP contribution in [0.25, 0.3) is 0 Å². The van der Waals surface area contributed by atoms with Gasteiger partial charge in [0.1, 0.15) is 0 Å². The lowest BCUT2D eigenvalue weighted by molar-refractivity contribution is 0.350. The van der Waals surface area contributed by atoms with Gasteiger partial charge in [0.2, 0.25) is 0 Å². The first kappa shape index (κ1) is 13.5. The van der Waals surface area contributed by atoms with Gasteiger partial charge in [0.25, 0.3) is 0 Å². The Bertz CT molecular complexity index is 347. The molecule has 1 atom stereocenters. The molecule has 1 aromatic heterocycles. The van der Waals surface area contributed by atoms with E-state index in [0.717, 1.165) is 12.5 Å². The Morgan fingerprint density at radius 3 is 2.61 bits per heavy atom. The fraction of sp³-hybridized carbons (Fsp3) is 0.688. The minimum atomic E-state index is 0.194. The molecule has 18 heavy (non-hydrogen) atoms. The second-order valence-corrected chi connectivity index (χ2v) is 6.57. The smallest absolute Gasteiger partial charge is 0.0303 e. The zero-order valence-electron chi connectivity index (χ0n) is 11.9. The Labute approximate surface area is 111 Å². The summed E-state index contributed by atoms with van der Waals surface area (Å²) in [4.78, 5) is 4.29. The van der Waals surface area contributed by atoms with Crippen molar-refractivity contribution in [1.29, 1.82) is 0 Å². The number of hydrogen-bond donors (Lipinski definition) is 1. The average molecular weight is 246 g/mol. The zero-order valence-corrected chi connectivity index (χ0v) is 11.9. The fourth-order valence-electron chi connectivity index (χ4n) is 2.93. The minimum Gasteiger partial charge on any atom is -0.311 e. The van der Waals surface area contributed by atoms with E-state index in [1.165, 1.54) is 31.2 Å². The Hall–Kier alpha value is -0.890. The van der Waals surface area contributed by atoms with Gasteiger partial charge in [-0.3, -0.25) is 4.98 Å². The van der Waals surface area contributed by atoms with Crippen molar-refractivity contribution in [3.8, 4) is 0 Å². The van der Waals surface area contributed by atoms with Crippen molar-refractivity contribution < 1.29 is 0 Å². The van der Waals surface area contributed by atoms with Crippen molar-refractivity contribution in [3.63, 3.8) is 0 Å². The van der Waals surface area contributed by atoms with Crippen LogP contribution in [0.15, 0.2) is 24.5 Å². The van der Waals surface area contributed by atoms with Crippen molar-refractivity contribution in [2.24, 2.45) is 5.92 Å². The molecule has 1 unspecified atom stereocenters. The quantitative estimate of drug-likeness (QED) is 0.875. The maximum Gasteiger partial charge on any atom is 0.0303 e. The monoisotopic (exact) mass is 246 g/mol. The summed E-state index contributed by atoms with van der Waals surface area (Å²) in [6.45, 7) is 7.78. The largest absolute Gasteiger partial charge is 0.311 e. The third-order valence-corrected chi connectivity index (χ3v) is 3.93. The Morgan fingerprint density at radius 2 is 2.06 bits per heavy atom. The SMILES string of the molecule is CC(C)(C)NCC(c1cccnc1)C1CCCC1. The van der Waals surface area contributed by atoms with Gasteiger partial charge in [0.15, 0.2) is 0 Å². The summed E-state index contributed by atoms with van der Waals surface area (Å²) in [5.74, 6) is 1.46. The van der Waals surface area contributed by atoms with Gasteiger partial charge in [-0.1, -0.05) is 18.9 Å². The number of nitrogens with zero attached hydrogens (tertiary/aromatic N) is 1. The molecule has 0 saturated heterocycles. The maximum absolute atomic E-state index is 4.29. The molecule has 100 valence electrons. The minimum absolute atomic E-state index is 0.194. The molecule has 0 aromatic carbocycles. The van der Waals surface area contributed by atoms with Gasteiger partial charge in [0.05, 0.1) is 0 Å². The molecule has 1 aromatic rings. The van der Waals surface area contributed by atoms with Crippen LogP contribution in [0.4, 0.5) is 0 Å². The summed E-state index contributed by atoms with van der Waals surface area (Å²) in [7, 11) is 0. The van der Waals surface area contributed by atoms with Crippen molar-refractivity contribution in [3.05, 3.63) is 30.1 Å². The molecular formula is C16H26N2. The Kier molecular flexibility index (Phi) is 4.39. The summed E-state index contributed by atoms with van der Waals surface area (Å²) < 4.78 is 0. The molecule has 1 N–H and O–H groups in total. The molecule has 1 saturated carbocycles. The van der Waals surface area contributed by atoms with Crippen molar-refractivity contribution in [1.82, 2.24) is 10.3 Å². The third kappa shape index (κ3) is 3.81. The van der Waals surface area contributed by atoms with Crippen LogP contribution in [0.3, 0.4) is 0 Å². The van der Waals surface area contributed by atoms with Gasteiger partial charge in [-0.15, -0.1) is 0 Å². The molecule has 0 bridgehead atoms. The molecule has 0 aliphatic heterocycles. The number of aromatic nitrogens is 1. The molecule has 0 spiro atoms. The van der Waals surface area contributed by atoms with Gasteiger partial charge in [-0.05, 0) is 51.2 Å². The van der Waals surface area contributed by atoms with E-state index < -0.39 is 0 Å². The van der Waals surface area contributed by atoms with Crippen molar-refractivity contribution in [2.75, 3.05) is 6.54 Å². The lowest BCUT2D eigenvalue weighted by Crippen LogP contribution is -2.39. The van der Waals surface area contributed by atoms with E-state index in [4.69, 9.17) is 0 Å². The van der Waals surface area contributed by atoms with E-state index in [9.17, 15) is 0 Å². The lowest BCUT2D eigenvalue weighted by atomic mass is 9.85. The summed E-state index contributed by atoms with van der Waals surface area (Å²) >= 11 is 0. The van der Waals surface area contributed by atoms with E-state index in [1.807, 2.05) is 12.4 Å². The molecule has 1 aliphatic rings. The van der Waals surface area contributed by atoms with Gasteiger partial charge >= 0.3 is 0 Å². The number of pyridine rings is 1. The first-order valence-corrected chi connectivity index (χ1v) is 7.21. The van der Waals surface area contributed by atoms with Crippen LogP contribution in [-0.4, -0.2) is 17.1 Å². The number of hydrogen-bond acceptors (Lipinski definition) is 2. The van der Waals surface area contributed by atoms with Crippen molar-refractivity contribution >= 4 is 0 Å². The topological polar surface area (TPSA) is 24.9 Å². The summed E-state index contributed by atoms with van der Waals surface area (Å²) in [5, 5.41) is 3.67. The highest BCUT2D eigenvalue weighted by Gasteiger charge is 2.27. The summed E-state index contributed by atoms with van der Waals surface area (Å²) in [6, 6.07) is 4.30. The third-order valence-electron chi connectivity index (χ3n) is 3.93. The fourth-order valence-corrected chi connectivity index (χ4v) is 2.93. The van der Waals surface area contributed by atoms with Crippen LogP contribution in [0.5, 0.6) is 0 Å². The highest BCUT2D eigenvalue weighted by molar-refractivity contribution is 5.17. The van der Waals surface area contributed by atoms with E-state index in [1.54, 1.807) is 0 Å². The van der Waals surface area contributed by atoms with Gasteiger partial charge < -0.3 is 5.32 Å². The molecule has 1 fully saturated rings. The lowest BCUT2D eigenvalue weighted by Gasteiger charge is -2.29. The zero-order chi connectivity index (χ0) is 13.0. The molecule has 0 amide bonds. The van der Waals surface area contributed by atoms with Crippen LogP contribution in [-0.2, 0) is 0 Å². The summed E-state index contributed by atoms with van der Waals surface area (Å²) in [6.07, 6.45) is 9.48. The highest BCUT2D eigenvalue weighted by Crippen LogP contribution is 2.36. The second-order valence-electron chi connectivity index (χ2n) is 6.57. The van der Waals surface area contributed by atoms with Gasteiger partial charge in [-0.25, -0.2) is 0 Å². The van der Waals surface area contributed by atoms with E-state index in [2.05, 4.69) is 43.2 Å². The van der Waals surface area contributed by atoms with Crippen LogP contribution < -0.4 is 5.32 Å². The second kappa shape index (κ2) is 5.83. The predicted octanol–water partition coefficient (Wildman–Crippen LogP) is 3.74.